The number of halogens is 1. The van der Waals surface area contributed by atoms with Crippen LogP contribution in [0.4, 0.5) is 4.39 Å². The number of aromatic nitrogens is 1. The molecule has 0 saturated carbocycles. The van der Waals surface area contributed by atoms with E-state index in [4.69, 9.17) is 4.74 Å². The number of aromatic amines is 1. The molecule has 0 saturated heterocycles. The second-order valence-electron chi connectivity index (χ2n) is 10.1. The van der Waals surface area contributed by atoms with Crippen molar-refractivity contribution in [2.24, 2.45) is 0 Å². The summed E-state index contributed by atoms with van der Waals surface area (Å²) >= 11 is 0. The molecule has 0 bridgehead atoms. The highest BCUT2D eigenvalue weighted by Gasteiger charge is 2.24. The van der Waals surface area contributed by atoms with E-state index in [9.17, 15) is 19.1 Å². The molecule has 7 heteroatoms. The number of ketones is 1. The molecule has 1 atom stereocenters. The van der Waals surface area contributed by atoms with Crippen molar-refractivity contribution in [1.29, 1.82) is 0 Å². The van der Waals surface area contributed by atoms with E-state index in [1.807, 2.05) is 0 Å². The van der Waals surface area contributed by atoms with Gasteiger partial charge in [0.15, 0.2) is 12.4 Å². The Balaban J connectivity index is 1.29. The Bertz CT molecular complexity index is 1530. The first-order valence-corrected chi connectivity index (χ1v) is 13.5. The van der Waals surface area contributed by atoms with Crippen molar-refractivity contribution in [3.8, 4) is 5.75 Å². The summed E-state index contributed by atoms with van der Waals surface area (Å²) in [6.07, 6.45) is 3.11. The van der Waals surface area contributed by atoms with E-state index in [1.165, 1.54) is 52.6 Å². The van der Waals surface area contributed by atoms with E-state index in [0.717, 1.165) is 25.7 Å². The maximum atomic E-state index is 13.2. The maximum Gasteiger partial charge on any atom is 0.248 e. The van der Waals surface area contributed by atoms with Crippen LogP contribution in [0.1, 0.15) is 58.1 Å². The third kappa shape index (κ3) is 5.79. The molecule has 1 heterocycles. The number of benzene rings is 3. The first-order valence-electron chi connectivity index (χ1n) is 13.5. The van der Waals surface area contributed by atoms with Gasteiger partial charge in [-0.25, -0.2) is 4.39 Å². The standard InChI is InChI=1S/C32H33FN2O4/c1-3-19-13-22-15-25(16-23(22)14-20(19)4-2)34-17-28(36)26-9-11-30(32-27(26)10-12-31(38)35-32)39-18-29(37)21-5-7-24(33)8-6-21/h5-14,25,28,34,36H,3-4,15-18H2,1-2H3,(H,35,38). The Labute approximate surface area is 226 Å². The Morgan fingerprint density at radius 2 is 1.69 bits per heavy atom. The largest absolute Gasteiger partial charge is 0.483 e. The van der Waals surface area contributed by atoms with Crippen molar-refractivity contribution in [2.45, 2.75) is 51.7 Å². The molecule has 4 aromatic rings. The number of aryl methyl sites for hydroxylation is 2. The highest BCUT2D eigenvalue weighted by atomic mass is 19.1. The molecule has 0 spiro atoms. The second-order valence-corrected chi connectivity index (χ2v) is 10.1. The van der Waals surface area contributed by atoms with Crippen LogP contribution in [0.5, 0.6) is 5.75 Å². The highest BCUT2D eigenvalue weighted by molar-refractivity contribution is 5.97. The van der Waals surface area contributed by atoms with Gasteiger partial charge >= 0.3 is 0 Å². The fourth-order valence-electron chi connectivity index (χ4n) is 5.49. The minimum Gasteiger partial charge on any atom is -0.483 e. The van der Waals surface area contributed by atoms with Gasteiger partial charge in [0.25, 0.3) is 0 Å². The number of aliphatic hydroxyl groups excluding tert-OH is 1. The normalized spacial score (nSPS) is 13.9. The molecule has 0 fully saturated rings. The fourth-order valence-corrected chi connectivity index (χ4v) is 5.49. The molecule has 3 N–H and O–H groups in total. The lowest BCUT2D eigenvalue weighted by Gasteiger charge is -2.19. The Morgan fingerprint density at radius 3 is 2.33 bits per heavy atom. The van der Waals surface area contributed by atoms with Crippen molar-refractivity contribution in [1.82, 2.24) is 10.3 Å². The van der Waals surface area contributed by atoms with Crippen molar-refractivity contribution in [3.63, 3.8) is 0 Å². The first kappa shape index (κ1) is 26.8. The summed E-state index contributed by atoms with van der Waals surface area (Å²) in [4.78, 5) is 27.4. The number of nitrogens with one attached hydrogen (secondary N) is 2. The average Bonchev–Trinajstić information content (AvgIpc) is 3.35. The summed E-state index contributed by atoms with van der Waals surface area (Å²) in [7, 11) is 0. The molecule has 39 heavy (non-hydrogen) atoms. The van der Waals surface area contributed by atoms with Gasteiger partial charge < -0.3 is 20.1 Å². The Morgan fingerprint density at radius 1 is 1.03 bits per heavy atom. The lowest BCUT2D eigenvalue weighted by Crippen LogP contribution is -2.33. The summed E-state index contributed by atoms with van der Waals surface area (Å²) in [5, 5.41) is 15.3. The summed E-state index contributed by atoms with van der Waals surface area (Å²) in [6, 6.07) is 16.7. The summed E-state index contributed by atoms with van der Waals surface area (Å²) in [5.74, 6) is -0.412. The van der Waals surface area contributed by atoms with Crippen LogP contribution in [0.25, 0.3) is 10.9 Å². The molecule has 6 nitrogen and oxygen atoms in total. The van der Waals surface area contributed by atoms with Crippen LogP contribution in [-0.2, 0) is 25.7 Å². The number of rotatable bonds is 10. The molecule has 0 amide bonds. The topological polar surface area (TPSA) is 91.4 Å². The van der Waals surface area contributed by atoms with Gasteiger partial charge in [0.2, 0.25) is 5.56 Å². The number of H-pyrrole nitrogens is 1. The van der Waals surface area contributed by atoms with Gasteiger partial charge in [-0.05, 0) is 89.9 Å². The number of Topliss-reactive ketones (excluding diaryl/α,β-unsaturated/α-hetero) is 1. The average molecular weight is 529 g/mol. The second kappa shape index (κ2) is 11.5. The van der Waals surface area contributed by atoms with Crippen molar-refractivity contribution in [2.75, 3.05) is 13.2 Å². The van der Waals surface area contributed by atoms with Gasteiger partial charge in [-0.1, -0.05) is 32.0 Å². The molecule has 1 unspecified atom stereocenters. The zero-order valence-electron chi connectivity index (χ0n) is 22.2. The number of carbonyl (C=O) groups excluding carboxylic acids is 1. The number of ether oxygens (including phenoxy) is 1. The molecule has 202 valence electrons. The van der Waals surface area contributed by atoms with Crippen LogP contribution in [0.15, 0.2) is 65.5 Å². The van der Waals surface area contributed by atoms with E-state index < -0.39 is 11.9 Å². The number of pyridine rings is 1. The smallest absolute Gasteiger partial charge is 0.248 e. The van der Waals surface area contributed by atoms with Gasteiger partial charge in [0, 0.05) is 29.6 Å². The lowest BCUT2D eigenvalue weighted by molar-refractivity contribution is 0.0922. The van der Waals surface area contributed by atoms with Crippen LogP contribution in [0.2, 0.25) is 0 Å². The third-order valence-corrected chi connectivity index (χ3v) is 7.59. The monoisotopic (exact) mass is 528 g/mol. The molecular weight excluding hydrogens is 495 g/mol. The van der Waals surface area contributed by atoms with Crippen molar-refractivity contribution >= 4 is 16.7 Å². The van der Waals surface area contributed by atoms with E-state index in [0.29, 0.717) is 34.3 Å². The predicted octanol–water partition coefficient (Wildman–Crippen LogP) is 4.84. The van der Waals surface area contributed by atoms with Gasteiger partial charge in [-0.15, -0.1) is 0 Å². The molecule has 0 radical (unpaired) electrons. The summed E-state index contributed by atoms with van der Waals surface area (Å²) in [5.41, 5.74) is 6.69. The minimum absolute atomic E-state index is 0.248. The number of hydrogen-bond donors (Lipinski definition) is 3. The molecule has 1 aliphatic rings. The lowest BCUT2D eigenvalue weighted by atomic mass is 9.97. The maximum absolute atomic E-state index is 13.2. The number of hydrogen-bond acceptors (Lipinski definition) is 5. The minimum atomic E-state index is -0.811. The third-order valence-electron chi connectivity index (χ3n) is 7.59. The Kier molecular flexibility index (Phi) is 7.91. The molecule has 5 rings (SSSR count). The zero-order valence-corrected chi connectivity index (χ0v) is 22.2. The SMILES string of the molecule is CCc1cc2c(cc1CC)CC(NCC(O)c1ccc(OCC(=O)c3ccc(F)cc3)c3[nH]c(=O)ccc13)C2. The quantitative estimate of drug-likeness (QED) is 0.256. The molecule has 3 aromatic carbocycles. The van der Waals surface area contributed by atoms with Gasteiger partial charge in [-0.2, -0.15) is 0 Å². The van der Waals surface area contributed by atoms with Crippen LogP contribution in [0.3, 0.4) is 0 Å². The molecule has 0 aliphatic heterocycles. The van der Waals surface area contributed by atoms with Gasteiger partial charge in [-0.3, -0.25) is 9.59 Å². The van der Waals surface area contributed by atoms with E-state index in [1.54, 1.807) is 18.2 Å². The number of aliphatic hydroxyl groups is 1. The zero-order chi connectivity index (χ0) is 27.5. The summed E-state index contributed by atoms with van der Waals surface area (Å²) in [6.45, 7) is 4.47. The summed E-state index contributed by atoms with van der Waals surface area (Å²) < 4.78 is 18.9. The van der Waals surface area contributed by atoms with Crippen molar-refractivity contribution < 1.29 is 19.0 Å². The molecular formula is C32H33FN2O4. The number of carbonyl (C=O) groups is 1. The number of fused-ring (bicyclic) bond motifs is 2. The van der Waals surface area contributed by atoms with Crippen LogP contribution in [-0.4, -0.2) is 35.1 Å². The molecule has 1 aromatic heterocycles. The Hall–Kier alpha value is -3.81. The first-order chi connectivity index (χ1) is 18.9. The van der Waals surface area contributed by atoms with Gasteiger partial charge in [0.05, 0.1) is 11.6 Å². The van der Waals surface area contributed by atoms with E-state index in [-0.39, 0.29) is 24.0 Å². The predicted molar refractivity (Wildman–Crippen MR) is 150 cm³/mol. The van der Waals surface area contributed by atoms with E-state index in [2.05, 4.69) is 36.3 Å². The van der Waals surface area contributed by atoms with Crippen molar-refractivity contribution in [3.05, 3.63) is 110 Å². The molecule has 1 aliphatic carbocycles. The van der Waals surface area contributed by atoms with Crippen LogP contribution >= 0.6 is 0 Å². The van der Waals surface area contributed by atoms with Gasteiger partial charge in [0.1, 0.15) is 11.6 Å². The highest BCUT2D eigenvalue weighted by Crippen LogP contribution is 2.31. The van der Waals surface area contributed by atoms with Crippen LogP contribution < -0.4 is 15.6 Å². The van der Waals surface area contributed by atoms with E-state index >= 15 is 0 Å². The fraction of sp³-hybridized carbons (Fsp3) is 0.312. The van der Waals surface area contributed by atoms with Crippen LogP contribution in [0, 0.1) is 5.82 Å².